The second-order valence-corrected chi connectivity index (χ2v) is 19.9. The molecule has 0 aromatic carbocycles. The Balaban J connectivity index is -0.000000298. The van der Waals surface area contributed by atoms with Crippen molar-refractivity contribution in [1.82, 2.24) is 0 Å². The summed E-state index contributed by atoms with van der Waals surface area (Å²) < 4.78 is 346. The van der Waals surface area contributed by atoms with Crippen LogP contribution in [0.2, 0.25) is 0 Å². The molecule has 0 bridgehead atoms. The van der Waals surface area contributed by atoms with E-state index in [-0.39, 0.29) is 25.8 Å². The van der Waals surface area contributed by atoms with Crippen molar-refractivity contribution < 1.29 is 187 Å². The second kappa shape index (κ2) is 25.4. The summed E-state index contributed by atoms with van der Waals surface area (Å²) in [5, 5.41) is 0. The Labute approximate surface area is 435 Å². The third kappa shape index (κ3) is 20.4. The first-order valence-electron chi connectivity index (χ1n) is 19.9. The Morgan fingerprint density at radius 1 is 0.208 bits per heavy atom. The molecule has 0 aromatic heterocycles. The van der Waals surface area contributed by atoms with Crippen LogP contribution in [0.4, 0.5) is 123 Å². The van der Waals surface area contributed by atoms with Gasteiger partial charge in [-0.1, -0.05) is 0 Å². The fraction of sp³-hybridized carbons (Fsp3) is 0.800. The maximum Gasteiger partial charge on any atom is 0.460 e. The van der Waals surface area contributed by atoms with Gasteiger partial charge >= 0.3 is 118 Å². The minimum atomic E-state index is -6.53. The molecule has 0 atom stereocenters. The Hall–Kier alpha value is -3.73. The molecule has 0 saturated carbocycles. The van der Waals surface area contributed by atoms with Crippen LogP contribution in [0.25, 0.3) is 0 Å². The normalized spacial score (nSPS) is 14.2. The Morgan fingerprint density at radius 3 is 0.364 bits per heavy atom. The number of hydrogen-bond donors (Lipinski definition) is 0. The van der Waals surface area contributed by atoms with E-state index in [1.165, 1.54) is 83.1 Å². The van der Waals surface area contributed by atoms with E-state index < -0.39 is 166 Å². The zero-order chi connectivity index (χ0) is 63.4. The van der Waals surface area contributed by atoms with E-state index in [0.29, 0.717) is 0 Å². The van der Waals surface area contributed by atoms with Crippen molar-refractivity contribution in [2.75, 3.05) is 0 Å². The molecule has 0 fully saturated rings. The van der Waals surface area contributed by atoms with Gasteiger partial charge in [-0.3, -0.25) is 38.4 Å². The minimum absolute atomic E-state index is 0. The Kier molecular flexibility index (Phi) is 27.1. The van der Waals surface area contributed by atoms with E-state index in [0.717, 1.165) is 0 Å². The summed E-state index contributed by atoms with van der Waals surface area (Å²) in [6.07, 6.45) is -32.0. The molecule has 0 unspecified atom stereocenters. The van der Waals surface area contributed by atoms with E-state index in [9.17, 15) is 142 Å². The Morgan fingerprint density at radius 2 is 0.299 bits per heavy atom. The van der Waals surface area contributed by atoms with E-state index >= 15 is 0 Å². The molecule has 37 heteroatoms. The fourth-order valence-corrected chi connectivity index (χ4v) is 3.58. The van der Waals surface area contributed by atoms with E-state index in [1.807, 2.05) is 0 Å². The van der Waals surface area contributed by atoms with Gasteiger partial charge in [0.25, 0.3) is 0 Å². The van der Waals surface area contributed by atoms with Gasteiger partial charge in [-0.05, 0) is 83.1 Å². The van der Waals surface area contributed by atoms with Crippen LogP contribution in [0.1, 0.15) is 109 Å². The number of ketones is 8. The summed E-state index contributed by atoms with van der Waals surface area (Å²) in [6, 6.07) is 0. The van der Waals surface area contributed by atoms with Crippen molar-refractivity contribution in [2.45, 2.75) is 181 Å². The summed E-state index contributed by atoms with van der Waals surface area (Å²) in [5.41, 5.74) is -4.62. The van der Waals surface area contributed by atoms with Crippen LogP contribution < -0.4 is 0 Å². The second-order valence-electron chi connectivity index (χ2n) is 19.9. The third-order valence-corrected chi connectivity index (χ3v) is 9.25. The van der Waals surface area contributed by atoms with Crippen LogP contribution in [-0.2, 0) is 25.8 Å². The van der Waals surface area contributed by atoms with Crippen molar-refractivity contribution in [3.8, 4) is 0 Å². The van der Waals surface area contributed by atoms with Crippen molar-refractivity contribution >= 4 is 46.3 Å². The predicted octanol–water partition coefficient (Wildman–Crippen LogP) is 13.4. The third-order valence-electron chi connectivity index (χ3n) is 9.25. The van der Waals surface area contributed by atoms with Gasteiger partial charge in [0.05, 0.1) is 21.7 Å². The van der Waals surface area contributed by atoms with Gasteiger partial charge in [0.1, 0.15) is 0 Å². The fourth-order valence-electron chi connectivity index (χ4n) is 3.58. The molecule has 0 spiro atoms. The average Bonchev–Trinajstić information content (AvgIpc) is 3.14. The number of rotatable bonds is 16. The van der Waals surface area contributed by atoms with Crippen LogP contribution in [0.3, 0.4) is 0 Å². The summed E-state index contributed by atoms with van der Waals surface area (Å²) in [6.45, 7) is 15.6. The molecule has 452 valence electrons. The minimum Gasteiger partial charge on any atom is -0.282 e. The molecule has 8 nitrogen and oxygen atoms in total. The smallest absolute Gasteiger partial charge is 0.282 e. The van der Waals surface area contributed by atoms with Gasteiger partial charge in [-0.15, -0.1) is 0 Å². The maximum absolute atomic E-state index is 13.0. The molecule has 77 heavy (non-hydrogen) atoms. The summed E-state index contributed by atoms with van der Waals surface area (Å²) in [7, 11) is 0. The number of alkyl halides is 28. The predicted molar refractivity (Wildman–Crippen MR) is 216 cm³/mol. The quantitative estimate of drug-likeness (QED) is 0.0621. The van der Waals surface area contributed by atoms with Gasteiger partial charge in [0.2, 0.25) is 0 Å². The van der Waals surface area contributed by atoms with E-state index in [2.05, 4.69) is 0 Å². The van der Waals surface area contributed by atoms with Crippen molar-refractivity contribution in [1.29, 1.82) is 0 Å². The monoisotopic (exact) mass is 1370 g/mol. The van der Waals surface area contributed by atoms with Crippen molar-refractivity contribution in [2.24, 2.45) is 21.7 Å². The van der Waals surface area contributed by atoms with Crippen LogP contribution in [0.5, 0.6) is 0 Å². The molecular weight excluding hydrogens is 1320 g/mol. The first-order chi connectivity index (χ1) is 32.2. The molecule has 8 N–H and O–H groups in total. The summed E-state index contributed by atoms with van der Waals surface area (Å²) in [4.78, 5) is 72.3. The molecular formula is C40H52F28HfO8+8. The van der Waals surface area contributed by atoms with Gasteiger partial charge in [-0.2, -0.15) is 123 Å². The number of hydrogen-bond acceptors (Lipinski definition) is 0. The molecule has 0 aliphatic carbocycles. The molecule has 0 aromatic rings. The molecule has 0 saturated heterocycles. The standard InChI is InChI=1S/4C10H11F7O2.Hf/c4*1-7(2,3)5(18)4-6(19)8(11,12)9(13,14)10(15,16)17;/h4*4H2,1-3H3;/p+8. The zero-order valence-electron chi connectivity index (χ0n) is 41.5. The van der Waals surface area contributed by atoms with Gasteiger partial charge in [0, 0.05) is 25.8 Å². The molecule has 0 rings (SSSR count). The average molecular weight is 1370 g/mol. The summed E-state index contributed by atoms with van der Waals surface area (Å²) >= 11 is 0. The maximum atomic E-state index is 13.0. The van der Waals surface area contributed by atoms with Gasteiger partial charge in [-0.25, -0.2) is 0 Å². The SMILES string of the molecule is CC(C)(C)C(=[OH+])CC(=[OH+])C(F)(F)C(F)(F)C(F)(F)F.CC(C)(C)C(=[OH+])CC(=[OH+])C(F)(F)C(F)(F)C(F)(F)F.CC(C)(C)C(=[OH+])CC(=[OH+])C(F)(F)C(F)(F)C(F)(F)F.CC(C)(C)C(=[OH+])CC(=[OH+])C(F)(F)C(F)(F)C(F)(F)F.[Hf]. The van der Waals surface area contributed by atoms with Crippen molar-refractivity contribution in [3.63, 3.8) is 0 Å². The van der Waals surface area contributed by atoms with E-state index in [4.69, 9.17) is 19.2 Å². The van der Waals surface area contributed by atoms with Crippen LogP contribution in [0.15, 0.2) is 0 Å². The molecule has 0 heterocycles. The molecule has 0 aliphatic heterocycles. The summed E-state index contributed by atoms with van der Waals surface area (Å²) in [5.74, 6) is -62.2. The topological polar surface area (TPSA) is 171 Å². The van der Waals surface area contributed by atoms with Gasteiger partial charge in [0.15, 0.2) is 25.7 Å². The van der Waals surface area contributed by atoms with Gasteiger partial charge < -0.3 is 0 Å². The number of halogens is 28. The van der Waals surface area contributed by atoms with Crippen LogP contribution in [0, 0.1) is 21.7 Å². The van der Waals surface area contributed by atoms with Crippen LogP contribution in [-0.4, -0.2) is 157 Å². The largest absolute Gasteiger partial charge is 0.460 e. The molecule has 0 radical (unpaired) electrons. The zero-order valence-corrected chi connectivity index (χ0v) is 45.1. The first kappa shape index (κ1) is 82.1. The van der Waals surface area contributed by atoms with E-state index in [1.54, 1.807) is 0 Å². The first-order valence-corrected chi connectivity index (χ1v) is 19.9. The molecule has 0 aliphatic rings. The van der Waals surface area contributed by atoms with Crippen LogP contribution >= 0.6 is 0 Å². The Bertz CT molecular complexity index is 1810. The van der Waals surface area contributed by atoms with Crippen molar-refractivity contribution in [3.05, 3.63) is 0 Å². The molecule has 0 amide bonds. The number of carbonyl (C=O) groups excluding carboxylic acids is 8.